The average molecular weight is 575 g/mol. The van der Waals surface area contributed by atoms with Crippen LogP contribution in [-0.2, 0) is 21.4 Å². The predicted octanol–water partition coefficient (Wildman–Crippen LogP) is 7.13. The zero-order chi connectivity index (χ0) is 29.5. The van der Waals surface area contributed by atoms with Crippen LogP contribution in [0.4, 0.5) is 0 Å². The number of aryl methyl sites for hydroxylation is 1. The number of ether oxygens (including phenoxy) is 2. The van der Waals surface area contributed by atoms with Crippen molar-refractivity contribution in [2.45, 2.75) is 95.6 Å². The van der Waals surface area contributed by atoms with Gasteiger partial charge in [-0.1, -0.05) is 62.7 Å². The summed E-state index contributed by atoms with van der Waals surface area (Å²) in [6.45, 7) is 8.73. The maximum absolute atomic E-state index is 13.9. The second kappa shape index (κ2) is 14.4. The van der Waals surface area contributed by atoms with Crippen molar-refractivity contribution in [1.82, 2.24) is 9.80 Å². The molecule has 0 spiro atoms. The molecular weight excluding hydrogens is 520 g/mol. The van der Waals surface area contributed by atoms with Gasteiger partial charge in [-0.25, -0.2) is 0 Å². The first kappa shape index (κ1) is 31.1. The van der Waals surface area contributed by atoms with E-state index in [0.717, 1.165) is 76.2 Å². The average Bonchev–Trinajstić information content (AvgIpc) is 3.83. The number of likely N-dealkylation sites (tertiary alicyclic amines) is 1. The number of unbranched alkanes of at least 4 members (excludes halogenated alkanes) is 2. The molecule has 4 atom stereocenters. The molecule has 2 aromatic carbocycles. The van der Waals surface area contributed by atoms with Gasteiger partial charge in [-0.3, -0.25) is 4.79 Å². The van der Waals surface area contributed by atoms with E-state index in [9.17, 15) is 4.79 Å². The molecule has 0 bridgehead atoms. The molecule has 1 saturated heterocycles. The van der Waals surface area contributed by atoms with Crippen LogP contribution in [0.1, 0.15) is 82.8 Å². The van der Waals surface area contributed by atoms with Crippen molar-refractivity contribution in [3.63, 3.8) is 0 Å². The molecule has 0 aromatic heterocycles. The number of carbonyl (C=O) groups excluding carboxylic acids is 1. The molecule has 0 radical (unpaired) electrons. The van der Waals surface area contributed by atoms with Gasteiger partial charge in [-0.2, -0.15) is 0 Å². The van der Waals surface area contributed by atoms with Crippen LogP contribution in [0.2, 0.25) is 0 Å². The van der Waals surface area contributed by atoms with Gasteiger partial charge in [0, 0.05) is 50.5 Å². The minimum atomic E-state index is -0.0244. The van der Waals surface area contributed by atoms with Crippen LogP contribution in [0.5, 0.6) is 5.75 Å². The Balaban J connectivity index is 1.33. The van der Waals surface area contributed by atoms with Crippen LogP contribution in [0.3, 0.4) is 0 Å². The van der Waals surface area contributed by atoms with Gasteiger partial charge in [0.15, 0.2) is 0 Å². The van der Waals surface area contributed by atoms with Gasteiger partial charge in [0.05, 0.1) is 13.2 Å². The highest BCUT2D eigenvalue weighted by molar-refractivity contribution is 5.76. The van der Waals surface area contributed by atoms with Crippen LogP contribution < -0.4 is 4.74 Å². The van der Waals surface area contributed by atoms with Crippen molar-refractivity contribution >= 4 is 5.91 Å². The van der Waals surface area contributed by atoms with Gasteiger partial charge in [0.25, 0.3) is 0 Å². The molecule has 2 aromatic rings. The highest BCUT2D eigenvalue weighted by atomic mass is 16.5. The first-order valence-electron chi connectivity index (χ1n) is 16.6. The molecule has 3 aliphatic rings. The summed E-state index contributed by atoms with van der Waals surface area (Å²) in [6, 6.07) is 19.7. The summed E-state index contributed by atoms with van der Waals surface area (Å²) >= 11 is 0. The van der Waals surface area contributed by atoms with E-state index in [4.69, 9.17) is 9.47 Å². The molecule has 42 heavy (non-hydrogen) atoms. The molecule has 2 aliphatic carbocycles. The van der Waals surface area contributed by atoms with Crippen LogP contribution >= 0.6 is 0 Å². The number of piperidine rings is 1. The smallest absolute Gasteiger partial charge is 0.222 e. The Morgan fingerprint density at radius 1 is 1.05 bits per heavy atom. The second-order valence-corrected chi connectivity index (χ2v) is 13.8. The topological polar surface area (TPSA) is 42.0 Å². The van der Waals surface area contributed by atoms with E-state index in [1.807, 2.05) is 7.11 Å². The lowest BCUT2D eigenvalue weighted by Gasteiger charge is -2.57. The van der Waals surface area contributed by atoms with E-state index < -0.39 is 0 Å². The van der Waals surface area contributed by atoms with Gasteiger partial charge >= 0.3 is 0 Å². The number of methoxy groups -OCH3 is 2. The summed E-state index contributed by atoms with van der Waals surface area (Å²) in [4.78, 5) is 18.9. The maximum atomic E-state index is 13.9. The van der Waals surface area contributed by atoms with Gasteiger partial charge in [-0.05, 0) is 93.0 Å². The first-order valence-corrected chi connectivity index (χ1v) is 16.6. The molecule has 3 fully saturated rings. The Kier molecular flexibility index (Phi) is 10.7. The van der Waals surface area contributed by atoms with Crippen molar-refractivity contribution in [2.24, 2.45) is 17.8 Å². The predicted molar refractivity (Wildman–Crippen MR) is 171 cm³/mol. The maximum Gasteiger partial charge on any atom is 0.222 e. The highest BCUT2D eigenvalue weighted by Gasteiger charge is 2.54. The quantitative estimate of drug-likeness (QED) is 0.225. The van der Waals surface area contributed by atoms with E-state index in [0.29, 0.717) is 24.2 Å². The normalized spacial score (nSPS) is 26.2. The number of amides is 1. The van der Waals surface area contributed by atoms with Crippen molar-refractivity contribution < 1.29 is 14.3 Å². The fourth-order valence-corrected chi connectivity index (χ4v) is 7.91. The van der Waals surface area contributed by atoms with Crippen LogP contribution in [0.25, 0.3) is 0 Å². The zero-order valence-corrected chi connectivity index (χ0v) is 26.6. The molecule has 1 aliphatic heterocycles. The fraction of sp³-hybridized carbons (Fsp3) is 0.649. The molecule has 1 heterocycles. The molecule has 5 heteroatoms. The molecule has 4 unspecified atom stereocenters. The third-order valence-electron chi connectivity index (χ3n) is 10.3. The van der Waals surface area contributed by atoms with E-state index in [1.165, 1.54) is 30.5 Å². The molecule has 2 saturated carbocycles. The Labute approximate surface area is 255 Å². The largest absolute Gasteiger partial charge is 0.497 e. The Hall–Kier alpha value is -2.37. The van der Waals surface area contributed by atoms with Gasteiger partial charge < -0.3 is 19.3 Å². The van der Waals surface area contributed by atoms with E-state index in [2.05, 4.69) is 78.2 Å². The molecule has 5 rings (SSSR count). The van der Waals surface area contributed by atoms with Crippen molar-refractivity contribution in [3.05, 3.63) is 65.7 Å². The Bertz CT molecular complexity index is 1130. The lowest BCUT2D eigenvalue weighted by atomic mass is 9.56. The van der Waals surface area contributed by atoms with Crippen molar-refractivity contribution in [2.75, 3.05) is 40.4 Å². The lowest BCUT2D eigenvalue weighted by molar-refractivity contribution is -0.141. The second-order valence-electron chi connectivity index (χ2n) is 13.8. The fourth-order valence-electron chi connectivity index (χ4n) is 7.91. The van der Waals surface area contributed by atoms with E-state index >= 15 is 0 Å². The summed E-state index contributed by atoms with van der Waals surface area (Å²) in [5, 5.41) is 0. The zero-order valence-electron chi connectivity index (χ0n) is 26.6. The number of rotatable bonds is 14. The summed E-state index contributed by atoms with van der Waals surface area (Å²) in [6.07, 6.45) is 10.9. The van der Waals surface area contributed by atoms with Crippen molar-refractivity contribution in [3.8, 4) is 5.75 Å². The number of nitrogens with zero attached hydrogens (tertiary/aromatic N) is 2. The van der Waals surface area contributed by atoms with E-state index in [1.54, 1.807) is 7.11 Å². The number of fused-ring (bicyclic) bond motifs is 1. The summed E-state index contributed by atoms with van der Waals surface area (Å²) < 4.78 is 12.1. The molecule has 5 nitrogen and oxygen atoms in total. The third kappa shape index (κ3) is 7.58. The SMILES string of the molecule is COc1cccc(C23CCN(CC4CC4)CC2C(OC)CC(N(CC(C)C)C(=O)CCCCCc2ccccc2)C3)c1. The molecular formula is C37H54N2O3. The highest BCUT2D eigenvalue weighted by Crippen LogP contribution is 2.52. The van der Waals surface area contributed by atoms with Gasteiger partial charge in [-0.15, -0.1) is 0 Å². The monoisotopic (exact) mass is 574 g/mol. The summed E-state index contributed by atoms with van der Waals surface area (Å²) in [5.74, 6) is 2.97. The first-order chi connectivity index (χ1) is 20.4. The number of carbonyl (C=O) groups is 1. The number of benzene rings is 2. The van der Waals surface area contributed by atoms with Gasteiger partial charge in [0.2, 0.25) is 5.91 Å². The number of hydrogen-bond acceptors (Lipinski definition) is 4. The van der Waals surface area contributed by atoms with Crippen LogP contribution in [0, 0.1) is 17.8 Å². The third-order valence-corrected chi connectivity index (χ3v) is 10.3. The standard InChI is InChI=1S/C37H54N2O3/c1-28(2)25-39(36(40)17-10-6-9-14-29-12-7-5-8-13-29)32-23-35(42-4)34-27-38(26-30-18-19-30)21-20-37(34,24-32)31-15-11-16-33(22-31)41-3/h5,7-8,11-13,15-16,22,28,30,32,34-35H,6,9-10,14,17-21,23-27H2,1-4H3. The Morgan fingerprint density at radius 2 is 1.86 bits per heavy atom. The minimum absolute atomic E-state index is 0.0244. The van der Waals surface area contributed by atoms with Crippen LogP contribution in [0.15, 0.2) is 54.6 Å². The van der Waals surface area contributed by atoms with E-state index in [-0.39, 0.29) is 17.6 Å². The van der Waals surface area contributed by atoms with Crippen molar-refractivity contribution in [1.29, 1.82) is 0 Å². The summed E-state index contributed by atoms with van der Waals surface area (Å²) in [5.41, 5.74) is 2.73. The Morgan fingerprint density at radius 3 is 2.57 bits per heavy atom. The molecule has 0 N–H and O–H groups in total. The lowest BCUT2D eigenvalue weighted by Crippen LogP contribution is -2.62. The molecule has 230 valence electrons. The minimum Gasteiger partial charge on any atom is -0.497 e. The number of hydrogen-bond donors (Lipinski definition) is 0. The van der Waals surface area contributed by atoms with Crippen LogP contribution in [-0.4, -0.2) is 68.3 Å². The molecule has 1 amide bonds. The van der Waals surface area contributed by atoms with Gasteiger partial charge in [0.1, 0.15) is 5.75 Å². The summed E-state index contributed by atoms with van der Waals surface area (Å²) in [7, 11) is 3.65.